The Kier molecular flexibility index (Phi) is 4.25. The zero-order valence-corrected chi connectivity index (χ0v) is 10.3. The summed E-state index contributed by atoms with van der Waals surface area (Å²) < 4.78 is 4.75. The van der Waals surface area contributed by atoms with Crippen LogP contribution in [0.2, 0.25) is 0 Å². The molecule has 0 radical (unpaired) electrons. The third kappa shape index (κ3) is 3.63. The zero-order chi connectivity index (χ0) is 12.1. The highest BCUT2D eigenvalue weighted by atomic mass is 16.5. The minimum atomic E-state index is 0.259. The number of ketones is 1. The molecule has 2 rings (SSSR count). The molecule has 1 aromatic rings. The average Bonchev–Trinajstić information content (AvgIpc) is 2.69. The monoisotopic (exact) mass is 237 g/mol. The van der Waals surface area contributed by atoms with Gasteiger partial charge < -0.3 is 4.52 Å². The Morgan fingerprint density at radius 2 is 2.41 bits per heavy atom. The van der Waals surface area contributed by atoms with Gasteiger partial charge in [-0.25, -0.2) is 0 Å². The highest BCUT2D eigenvalue weighted by Gasteiger charge is 2.23. The summed E-state index contributed by atoms with van der Waals surface area (Å²) in [5.74, 6) is 0.968. The quantitative estimate of drug-likeness (QED) is 0.799. The van der Waals surface area contributed by atoms with Crippen molar-refractivity contribution < 1.29 is 9.32 Å². The van der Waals surface area contributed by atoms with Gasteiger partial charge in [0.2, 0.25) is 6.39 Å². The summed E-state index contributed by atoms with van der Waals surface area (Å²) in [5, 5.41) is 3.84. The molecule has 5 nitrogen and oxygen atoms in total. The highest BCUT2D eigenvalue weighted by molar-refractivity contribution is 5.76. The smallest absolute Gasteiger partial charge is 0.213 e. The predicted molar refractivity (Wildman–Crippen MR) is 62.3 cm³/mol. The van der Waals surface area contributed by atoms with E-state index < -0.39 is 0 Å². The van der Waals surface area contributed by atoms with Crippen molar-refractivity contribution in [3.63, 3.8) is 0 Å². The molecule has 5 heteroatoms. The van der Waals surface area contributed by atoms with Gasteiger partial charge in [-0.05, 0) is 26.3 Å². The van der Waals surface area contributed by atoms with E-state index in [2.05, 4.69) is 15.0 Å². The van der Waals surface area contributed by atoms with Crippen molar-refractivity contribution in [3.05, 3.63) is 12.2 Å². The summed E-state index contributed by atoms with van der Waals surface area (Å²) in [6, 6.07) is 0.341. The molecule has 94 valence electrons. The topological polar surface area (TPSA) is 59.2 Å². The van der Waals surface area contributed by atoms with E-state index in [1.165, 1.54) is 25.7 Å². The lowest BCUT2D eigenvalue weighted by atomic mass is 10.0. The molecule has 1 unspecified atom stereocenters. The Bertz CT molecular complexity index is 351. The van der Waals surface area contributed by atoms with E-state index in [0.717, 1.165) is 13.0 Å². The second-order valence-electron chi connectivity index (χ2n) is 4.73. The lowest BCUT2D eigenvalue weighted by Gasteiger charge is -2.27. The van der Waals surface area contributed by atoms with Gasteiger partial charge in [-0.15, -0.1) is 0 Å². The largest absolute Gasteiger partial charge is 0.343 e. The summed E-state index contributed by atoms with van der Waals surface area (Å²) in [7, 11) is 0. The van der Waals surface area contributed by atoms with Gasteiger partial charge in [0.05, 0.1) is 6.54 Å². The number of hydrogen-bond acceptors (Lipinski definition) is 5. The van der Waals surface area contributed by atoms with E-state index in [4.69, 9.17) is 4.52 Å². The lowest BCUT2D eigenvalue weighted by molar-refractivity contribution is -0.118. The van der Waals surface area contributed by atoms with Crippen molar-refractivity contribution in [2.24, 2.45) is 0 Å². The van der Waals surface area contributed by atoms with Crippen molar-refractivity contribution in [1.29, 1.82) is 0 Å². The van der Waals surface area contributed by atoms with Crippen LogP contribution in [0, 0.1) is 0 Å². The summed E-state index contributed by atoms with van der Waals surface area (Å²) in [4.78, 5) is 17.7. The number of carbonyl (C=O) groups excluding carboxylic acids is 1. The Hall–Kier alpha value is -1.23. The van der Waals surface area contributed by atoms with Crippen LogP contribution in [-0.2, 0) is 11.3 Å². The fraction of sp³-hybridized carbons (Fsp3) is 0.750. The Morgan fingerprint density at radius 1 is 1.53 bits per heavy atom. The SMILES string of the molecule is CC(=O)CC1CCCCCN1Cc1ncon1. The van der Waals surface area contributed by atoms with Crippen molar-refractivity contribution in [2.45, 2.75) is 51.6 Å². The van der Waals surface area contributed by atoms with E-state index in [9.17, 15) is 4.79 Å². The van der Waals surface area contributed by atoms with Gasteiger partial charge in [-0.3, -0.25) is 9.69 Å². The molecular weight excluding hydrogens is 218 g/mol. The molecule has 1 atom stereocenters. The van der Waals surface area contributed by atoms with E-state index in [1.807, 2.05) is 0 Å². The minimum Gasteiger partial charge on any atom is -0.343 e. The number of carbonyl (C=O) groups is 1. The van der Waals surface area contributed by atoms with Crippen LogP contribution in [0.1, 0.15) is 44.9 Å². The van der Waals surface area contributed by atoms with E-state index in [0.29, 0.717) is 24.8 Å². The van der Waals surface area contributed by atoms with Crippen LogP contribution >= 0.6 is 0 Å². The van der Waals surface area contributed by atoms with Crippen LogP contribution in [-0.4, -0.2) is 33.4 Å². The number of aromatic nitrogens is 2. The Labute approximate surface area is 101 Å². The first-order valence-corrected chi connectivity index (χ1v) is 6.24. The van der Waals surface area contributed by atoms with Crippen molar-refractivity contribution in [1.82, 2.24) is 15.0 Å². The first-order valence-electron chi connectivity index (χ1n) is 6.24. The van der Waals surface area contributed by atoms with Crippen molar-refractivity contribution in [3.8, 4) is 0 Å². The van der Waals surface area contributed by atoms with Crippen LogP contribution in [0.15, 0.2) is 10.9 Å². The molecule has 0 spiro atoms. The maximum Gasteiger partial charge on any atom is 0.213 e. The lowest BCUT2D eigenvalue weighted by Crippen LogP contribution is -2.36. The molecule has 1 saturated heterocycles. The van der Waals surface area contributed by atoms with E-state index in [1.54, 1.807) is 6.92 Å². The predicted octanol–water partition coefficient (Wildman–Crippen LogP) is 1.79. The van der Waals surface area contributed by atoms with E-state index in [-0.39, 0.29) is 5.78 Å². The summed E-state index contributed by atoms with van der Waals surface area (Å²) in [6.07, 6.45) is 6.73. The molecule has 1 aromatic heterocycles. The molecule has 1 fully saturated rings. The molecule has 0 saturated carbocycles. The first kappa shape index (κ1) is 12.2. The molecule has 17 heavy (non-hydrogen) atoms. The van der Waals surface area contributed by atoms with E-state index >= 15 is 0 Å². The Balaban J connectivity index is 2.00. The van der Waals surface area contributed by atoms with Crippen LogP contribution < -0.4 is 0 Å². The maximum atomic E-state index is 11.3. The molecule has 0 aromatic carbocycles. The molecule has 0 bridgehead atoms. The van der Waals surface area contributed by atoms with Crippen LogP contribution in [0.25, 0.3) is 0 Å². The Morgan fingerprint density at radius 3 is 3.12 bits per heavy atom. The van der Waals surface area contributed by atoms with Crippen molar-refractivity contribution in [2.75, 3.05) is 6.54 Å². The number of Topliss-reactive ketones (excluding diaryl/α,β-unsaturated/α-hetero) is 1. The van der Waals surface area contributed by atoms with Gasteiger partial charge in [0.1, 0.15) is 5.78 Å². The molecule has 0 amide bonds. The number of likely N-dealkylation sites (tertiary alicyclic amines) is 1. The standard InChI is InChI=1S/C12H19N3O2/c1-10(16)7-11-5-3-2-4-6-15(11)8-12-13-9-17-14-12/h9,11H,2-8H2,1H3. The number of nitrogens with zero attached hydrogens (tertiary/aromatic N) is 3. The fourth-order valence-electron chi connectivity index (χ4n) is 2.45. The van der Waals surface area contributed by atoms with Gasteiger partial charge in [0.25, 0.3) is 0 Å². The third-order valence-electron chi connectivity index (χ3n) is 3.27. The minimum absolute atomic E-state index is 0.259. The zero-order valence-electron chi connectivity index (χ0n) is 10.3. The normalized spacial score (nSPS) is 22.3. The number of hydrogen-bond donors (Lipinski definition) is 0. The van der Waals surface area contributed by atoms with Crippen LogP contribution in [0.3, 0.4) is 0 Å². The number of rotatable bonds is 4. The second kappa shape index (κ2) is 5.91. The third-order valence-corrected chi connectivity index (χ3v) is 3.27. The van der Waals surface area contributed by atoms with Gasteiger partial charge in [0.15, 0.2) is 5.82 Å². The average molecular weight is 237 g/mol. The fourth-order valence-corrected chi connectivity index (χ4v) is 2.45. The van der Waals surface area contributed by atoms with Gasteiger partial charge >= 0.3 is 0 Å². The summed E-state index contributed by atoms with van der Waals surface area (Å²) in [5.41, 5.74) is 0. The highest BCUT2D eigenvalue weighted by Crippen LogP contribution is 2.20. The van der Waals surface area contributed by atoms with Crippen LogP contribution in [0.4, 0.5) is 0 Å². The van der Waals surface area contributed by atoms with Gasteiger partial charge in [0, 0.05) is 12.5 Å². The first-order chi connectivity index (χ1) is 8.25. The molecule has 1 aliphatic rings. The molecular formula is C12H19N3O2. The van der Waals surface area contributed by atoms with Crippen molar-refractivity contribution >= 4 is 5.78 Å². The summed E-state index contributed by atoms with van der Waals surface area (Å²) in [6.45, 7) is 3.37. The maximum absolute atomic E-state index is 11.3. The molecule has 0 N–H and O–H groups in total. The van der Waals surface area contributed by atoms with Gasteiger partial charge in [-0.2, -0.15) is 4.98 Å². The molecule has 0 aliphatic carbocycles. The van der Waals surface area contributed by atoms with Crippen LogP contribution in [0.5, 0.6) is 0 Å². The molecule has 2 heterocycles. The second-order valence-corrected chi connectivity index (χ2v) is 4.73. The van der Waals surface area contributed by atoms with Gasteiger partial charge in [-0.1, -0.05) is 18.0 Å². The summed E-state index contributed by atoms with van der Waals surface area (Å²) >= 11 is 0. The molecule has 1 aliphatic heterocycles.